The number of pyridine rings is 1. The normalized spacial score (nSPS) is 21.4. The van der Waals surface area contributed by atoms with Crippen molar-refractivity contribution in [1.82, 2.24) is 9.29 Å². The van der Waals surface area contributed by atoms with Crippen molar-refractivity contribution >= 4 is 15.8 Å². The Balaban J connectivity index is 1.39. The van der Waals surface area contributed by atoms with E-state index in [0.717, 1.165) is 17.8 Å². The number of piperidine rings is 1. The van der Waals surface area contributed by atoms with E-state index in [1.807, 2.05) is 41.3 Å². The van der Waals surface area contributed by atoms with Crippen molar-refractivity contribution in [1.29, 1.82) is 0 Å². The lowest BCUT2D eigenvalue weighted by Gasteiger charge is -2.53. The highest BCUT2D eigenvalue weighted by atomic mass is 32.2. The zero-order valence-electron chi connectivity index (χ0n) is 17.6. The second-order valence-electron chi connectivity index (χ2n) is 8.40. The summed E-state index contributed by atoms with van der Waals surface area (Å²) >= 11 is 0. The highest BCUT2D eigenvalue weighted by molar-refractivity contribution is 7.89. The molecular formula is C24H22F3N3O2S. The van der Waals surface area contributed by atoms with Crippen LogP contribution in [0.4, 0.5) is 19.0 Å². The topological polar surface area (TPSA) is 53.5 Å². The molecule has 0 spiro atoms. The molecule has 0 bridgehead atoms. The molecule has 33 heavy (non-hydrogen) atoms. The summed E-state index contributed by atoms with van der Waals surface area (Å²) < 4.78 is 67.3. The summed E-state index contributed by atoms with van der Waals surface area (Å²) in [5.74, 6) is 0.734. The van der Waals surface area contributed by atoms with Gasteiger partial charge in [-0.05, 0) is 36.1 Å². The summed E-state index contributed by atoms with van der Waals surface area (Å²) in [5, 5.41) is 0. The Bertz CT molecular complexity index is 1250. The summed E-state index contributed by atoms with van der Waals surface area (Å²) in [5.41, 5.74) is 0.676. The smallest absolute Gasteiger partial charge is 0.352 e. The van der Waals surface area contributed by atoms with Crippen molar-refractivity contribution in [3.8, 4) is 11.1 Å². The van der Waals surface area contributed by atoms with Gasteiger partial charge in [-0.3, -0.25) is 0 Å². The van der Waals surface area contributed by atoms with Crippen LogP contribution in [0.5, 0.6) is 0 Å². The van der Waals surface area contributed by atoms with Crippen LogP contribution in [0.1, 0.15) is 12.0 Å². The van der Waals surface area contributed by atoms with E-state index in [-0.39, 0.29) is 17.5 Å². The van der Waals surface area contributed by atoms with Gasteiger partial charge >= 0.3 is 6.18 Å². The van der Waals surface area contributed by atoms with Gasteiger partial charge in [-0.1, -0.05) is 48.5 Å². The zero-order valence-corrected chi connectivity index (χ0v) is 18.4. The highest BCUT2D eigenvalue weighted by Crippen LogP contribution is 2.39. The van der Waals surface area contributed by atoms with E-state index >= 15 is 0 Å². The van der Waals surface area contributed by atoms with E-state index in [1.165, 1.54) is 10.4 Å². The first-order valence-electron chi connectivity index (χ1n) is 10.7. The van der Waals surface area contributed by atoms with Gasteiger partial charge in [0.15, 0.2) is 0 Å². The standard InChI is InChI=1S/C24H22F3N3O2S/c25-24(26,27)19-10-11-23(28-14-19)30-15-18-12-13-29(16-21(18)30)33(31,32)22-9-5-4-8-20(22)17-6-2-1-3-7-17/h1-11,14,18,21H,12-13,15-16H2/t18-,21-/m0/s1. The molecule has 2 aromatic carbocycles. The molecule has 2 atom stereocenters. The maximum Gasteiger partial charge on any atom is 0.417 e. The largest absolute Gasteiger partial charge is 0.417 e. The minimum Gasteiger partial charge on any atom is -0.352 e. The van der Waals surface area contributed by atoms with E-state index in [4.69, 9.17) is 0 Å². The lowest BCUT2D eigenvalue weighted by Crippen LogP contribution is -2.65. The third-order valence-electron chi connectivity index (χ3n) is 6.47. The van der Waals surface area contributed by atoms with Crippen LogP contribution in [0.25, 0.3) is 11.1 Å². The summed E-state index contributed by atoms with van der Waals surface area (Å²) in [7, 11) is -3.76. The fraction of sp³-hybridized carbons (Fsp3) is 0.292. The van der Waals surface area contributed by atoms with Crippen molar-refractivity contribution < 1.29 is 21.6 Å². The highest BCUT2D eigenvalue weighted by Gasteiger charge is 2.46. The molecule has 0 unspecified atom stereocenters. The maximum absolute atomic E-state index is 13.6. The number of benzene rings is 2. The van der Waals surface area contributed by atoms with Gasteiger partial charge < -0.3 is 4.90 Å². The average Bonchev–Trinajstić information content (AvgIpc) is 2.80. The third kappa shape index (κ3) is 4.00. The average molecular weight is 474 g/mol. The molecule has 3 aromatic rings. The second-order valence-corrected chi connectivity index (χ2v) is 10.3. The first-order chi connectivity index (χ1) is 15.7. The van der Waals surface area contributed by atoms with Crippen LogP contribution in [-0.2, 0) is 16.2 Å². The first kappa shape index (κ1) is 21.9. The maximum atomic E-state index is 13.6. The van der Waals surface area contributed by atoms with Crippen LogP contribution >= 0.6 is 0 Å². The Labute approximate surface area is 190 Å². The second kappa shape index (κ2) is 8.14. The molecule has 0 saturated carbocycles. The van der Waals surface area contributed by atoms with Gasteiger partial charge in [-0.2, -0.15) is 17.5 Å². The molecule has 2 aliphatic heterocycles. The predicted molar refractivity (Wildman–Crippen MR) is 119 cm³/mol. The first-order valence-corrected chi connectivity index (χ1v) is 12.1. The van der Waals surface area contributed by atoms with E-state index in [1.54, 1.807) is 18.2 Å². The molecule has 2 aliphatic rings. The van der Waals surface area contributed by atoms with Crippen molar-refractivity contribution in [2.75, 3.05) is 24.5 Å². The van der Waals surface area contributed by atoms with Crippen LogP contribution < -0.4 is 4.90 Å². The lowest BCUT2D eigenvalue weighted by molar-refractivity contribution is -0.137. The molecule has 9 heteroatoms. The van der Waals surface area contributed by atoms with E-state index in [9.17, 15) is 21.6 Å². The number of sulfonamides is 1. The minimum absolute atomic E-state index is 0.110. The number of halogens is 3. The molecule has 0 amide bonds. The Kier molecular flexibility index (Phi) is 5.41. The van der Waals surface area contributed by atoms with Crippen molar-refractivity contribution in [3.63, 3.8) is 0 Å². The van der Waals surface area contributed by atoms with E-state index in [0.29, 0.717) is 36.8 Å². The molecule has 2 fully saturated rings. The van der Waals surface area contributed by atoms with Gasteiger partial charge in [0.2, 0.25) is 10.0 Å². The minimum atomic E-state index is -4.44. The molecular weight excluding hydrogens is 451 g/mol. The summed E-state index contributed by atoms with van der Waals surface area (Å²) in [6.45, 7) is 1.36. The van der Waals surface area contributed by atoms with Gasteiger partial charge in [0.05, 0.1) is 10.5 Å². The molecule has 5 rings (SSSR count). The van der Waals surface area contributed by atoms with Crippen LogP contribution in [0.2, 0.25) is 0 Å². The van der Waals surface area contributed by atoms with Crippen LogP contribution in [0, 0.1) is 5.92 Å². The SMILES string of the molecule is O=S(=O)(c1ccccc1-c1ccccc1)N1CC[C@H]2CN(c3ccc(C(F)(F)F)cn3)[C@H]2C1. The monoisotopic (exact) mass is 473 g/mol. The van der Waals surface area contributed by atoms with Crippen molar-refractivity contribution in [2.24, 2.45) is 5.92 Å². The Hall–Kier alpha value is -2.91. The number of alkyl halides is 3. The molecule has 1 aromatic heterocycles. The number of fused-ring (bicyclic) bond motifs is 1. The quantitative estimate of drug-likeness (QED) is 0.553. The number of rotatable bonds is 4. The number of hydrogen-bond donors (Lipinski definition) is 0. The zero-order chi connectivity index (χ0) is 23.2. The molecule has 5 nitrogen and oxygen atoms in total. The fourth-order valence-corrected chi connectivity index (χ4v) is 6.35. The Morgan fingerprint density at radius 2 is 1.64 bits per heavy atom. The number of anilines is 1. The number of hydrogen-bond acceptors (Lipinski definition) is 4. The predicted octanol–water partition coefficient (Wildman–Crippen LogP) is 4.67. The molecule has 0 aliphatic carbocycles. The molecule has 2 saturated heterocycles. The van der Waals surface area contributed by atoms with Crippen LogP contribution in [-0.4, -0.2) is 43.4 Å². The van der Waals surface area contributed by atoms with Gasteiger partial charge in [0.25, 0.3) is 0 Å². The number of nitrogens with zero attached hydrogens (tertiary/aromatic N) is 3. The van der Waals surface area contributed by atoms with Crippen LogP contribution in [0.3, 0.4) is 0 Å². The van der Waals surface area contributed by atoms with E-state index < -0.39 is 21.8 Å². The van der Waals surface area contributed by atoms with Crippen molar-refractivity contribution in [2.45, 2.75) is 23.5 Å². The Morgan fingerprint density at radius 1 is 0.909 bits per heavy atom. The summed E-state index contributed by atoms with van der Waals surface area (Å²) in [6.07, 6.45) is -2.91. The number of aromatic nitrogens is 1. The van der Waals surface area contributed by atoms with Gasteiger partial charge in [-0.25, -0.2) is 13.4 Å². The Morgan fingerprint density at radius 3 is 2.33 bits per heavy atom. The summed E-state index contributed by atoms with van der Waals surface area (Å²) in [4.78, 5) is 6.15. The molecule has 3 heterocycles. The van der Waals surface area contributed by atoms with Crippen LogP contribution in [0.15, 0.2) is 77.8 Å². The van der Waals surface area contributed by atoms with Gasteiger partial charge in [-0.15, -0.1) is 0 Å². The van der Waals surface area contributed by atoms with Gasteiger partial charge in [0.1, 0.15) is 5.82 Å². The fourth-order valence-electron chi connectivity index (χ4n) is 4.66. The van der Waals surface area contributed by atoms with E-state index in [2.05, 4.69) is 4.98 Å². The molecule has 0 radical (unpaired) electrons. The molecule has 172 valence electrons. The van der Waals surface area contributed by atoms with Gasteiger partial charge in [0, 0.05) is 37.4 Å². The lowest BCUT2D eigenvalue weighted by atomic mass is 9.83. The third-order valence-corrected chi connectivity index (χ3v) is 8.40. The summed E-state index contributed by atoms with van der Waals surface area (Å²) in [6, 6.07) is 18.6. The van der Waals surface area contributed by atoms with Crippen molar-refractivity contribution in [3.05, 3.63) is 78.5 Å². The molecule has 0 N–H and O–H groups in total.